The Morgan fingerprint density at radius 1 is 1.12 bits per heavy atom. The molecule has 1 heterocycles. The van der Waals surface area contributed by atoms with Gasteiger partial charge in [0.25, 0.3) is 0 Å². The number of aromatic nitrogens is 2. The summed E-state index contributed by atoms with van der Waals surface area (Å²) in [4.78, 5) is 7.90. The van der Waals surface area contributed by atoms with Gasteiger partial charge in [-0.25, -0.2) is 4.98 Å². The zero-order valence-corrected chi connectivity index (χ0v) is 9.68. The minimum absolute atomic E-state index is 0.194. The van der Waals surface area contributed by atoms with Crippen LogP contribution in [0.5, 0.6) is 17.4 Å². The van der Waals surface area contributed by atoms with Crippen LogP contribution >= 0.6 is 0 Å². The predicted molar refractivity (Wildman–Crippen MR) is 64.2 cm³/mol. The lowest BCUT2D eigenvalue weighted by atomic mass is 10.3. The molecule has 5 heteroatoms. The van der Waals surface area contributed by atoms with Crippen molar-refractivity contribution in [3.8, 4) is 17.4 Å². The van der Waals surface area contributed by atoms with Crippen LogP contribution in [0.15, 0.2) is 30.5 Å². The molecule has 0 aliphatic rings. The summed E-state index contributed by atoms with van der Waals surface area (Å²) in [6.45, 7) is 1.86. The lowest BCUT2D eigenvalue weighted by molar-refractivity contribution is 0.412. The molecule has 0 fully saturated rings. The van der Waals surface area contributed by atoms with Crippen LogP contribution in [0.25, 0.3) is 0 Å². The fraction of sp³-hybridized carbons (Fsp3) is 0.167. The molecule has 2 aromatic rings. The maximum atomic E-state index is 5.60. The summed E-state index contributed by atoms with van der Waals surface area (Å²) >= 11 is 0. The van der Waals surface area contributed by atoms with E-state index in [1.807, 2.05) is 19.1 Å². The number of nitrogens with two attached hydrogens (primary N) is 1. The minimum atomic E-state index is 0.194. The summed E-state index contributed by atoms with van der Waals surface area (Å²) in [6.07, 6.45) is 1.63. The number of nitrogen functional groups attached to an aromatic ring is 1. The number of anilines is 1. The second-order valence-electron chi connectivity index (χ2n) is 3.49. The van der Waals surface area contributed by atoms with E-state index < -0.39 is 0 Å². The molecule has 2 N–H and O–H groups in total. The van der Waals surface area contributed by atoms with E-state index in [0.717, 1.165) is 11.3 Å². The highest BCUT2D eigenvalue weighted by atomic mass is 16.5. The standard InChI is InChI=1S/C12H13N3O2/c1-8-7-14-12(13)15-11(8)17-10-5-3-9(16-2)4-6-10/h3-7H,1-2H3,(H2,13,14,15). The maximum Gasteiger partial charge on any atom is 0.226 e. The fourth-order valence-electron chi connectivity index (χ4n) is 1.30. The van der Waals surface area contributed by atoms with E-state index in [4.69, 9.17) is 15.2 Å². The second kappa shape index (κ2) is 4.69. The van der Waals surface area contributed by atoms with Crippen molar-refractivity contribution in [1.29, 1.82) is 0 Å². The Bertz CT molecular complexity index is 512. The van der Waals surface area contributed by atoms with Crippen molar-refractivity contribution in [2.45, 2.75) is 6.92 Å². The van der Waals surface area contributed by atoms with Crippen molar-refractivity contribution in [3.05, 3.63) is 36.0 Å². The van der Waals surface area contributed by atoms with Crippen LogP contribution in [0.1, 0.15) is 5.56 Å². The molecule has 0 saturated heterocycles. The summed E-state index contributed by atoms with van der Waals surface area (Å²) in [5.41, 5.74) is 6.33. The molecule has 0 saturated carbocycles. The molecule has 0 aliphatic heterocycles. The zero-order valence-electron chi connectivity index (χ0n) is 9.68. The Hall–Kier alpha value is -2.30. The van der Waals surface area contributed by atoms with E-state index in [0.29, 0.717) is 11.6 Å². The van der Waals surface area contributed by atoms with E-state index >= 15 is 0 Å². The molecular weight excluding hydrogens is 218 g/mol. The number of aryl methyl sites for hydroxylation is 1. The third-order valence-electron chi connectivity index (χ3n) is 2.22. The Kier molecular flexibility index (Phi) is 3.09. The van der Waals surface area contributed by atoms with Gasteiger partial charge in [-0.05, 0) is 31.2 Å². The molecule has 0 aliphatic carbocycles. The molecule has 0 unspecified atom stereocenters. The van der Waals surface area contributed by atoms with Crippen LogP contribution in [0.3, 0.4) is 0 Å². The van der Waals surface area contributed by atoms with Crippen LogP contribution in [-0.4, -0.2) is 17.1 Å². The molecule has 0 atom stereocenters. The normalized spacial score (nSPS) is 10.0. The minimum Gasteiger partial charge on any atom is -0.497 e. The number of hydrogen-bond acceptors (Lipinski definition) is 5. The van der Waals surface area contributed by atoms with Crippen molar-refractivity contribution >= 4 is 5.95 Å². The average Bonchev–Trinajstić information content (AvgIpc) is 2.35. The summed E-state index contributed by atoms with van der Waals surface area (Å²) < 4.78 is 10.7. The molecular formula is C12H13N3O2. The SMILES string of the molecule is COc1ccc(Oc2nc(N)ncc2C)cc1. The van der Waals surface area contributed by atoms with E-state index in [-0.39, 0.29) is 5.95 Å². The Morgan fingerprint density at radius 3 is 2.41 bits per heavy atom. The van der Waals surface area contributed by atoms with E-state index in [9.17, 15) is 0 Å². The van der Waals surface area contributed by atoms with Gasteiger partial charge in [0.1, 0.15) is 11.5 Å². The Balaban J connectivity index is 2.22. The molecule has 17 heavy (non-hydrogen) atoms. The van der Waals surface area contributed by atoms with Gasteiger partial charge in [0.05, 0.1) is 7.11 Å². The smallest absolute Gasteiger partial charge is 0.226 e. The summed E-state index contributed by atoms with van der Waals surface area (Å²) in [5, 5.41) is 0. The van der Waals surface area contributed by atoms with Crippen LogP contribution < -0.4 is 15.2 Å². The highest BCUT2D eigenvalue weighted by Gasteiger charge is 2.04. The predicted octanol–water partition coefficient (Wildman–Crippen LogP) is 2.17. The molecule has 5 nitrogen and oxygen atoms in total. The number of hydrogen-bond donors (Lipinski definition) is 1. The summed E-state index contributed by atoms with van der Waals surface area (Å²) in [5.74, 6) is 2.10. The van der Waals surface area contributed by atoms with Gasteiger partial charge in [-0.15, -0.1) is 0 Å². The molecule has 0 spiro atoms. The van der Waals surface area contributed by atoms with Gasteiger partial charge in [0.15, 0.2) is 0 Å². The highest BCUT2D eigenvalue weighted by Crippen LogP contribution is 2.24. The van der Waals surface area contributed by atoms with E-state index in [1.165, 1.54) is 0 Å². The molecule has 0 radical (unpaired) electrons. The number of ether oxygens (including phenoxy) is 2. The molecule has 0 bridgehead atoms. The van der Waals surface area contributed by atoms with Gasteiger partial charge in [-0.1, -0.05) is 0 Å². The topological polar surface area (TPSA) is 70.3 Å². The van der Waals surface area contributed by atoms with Crippen molar-refractivity contribution in [2.24, 2.45) is 0 Å². The van der Waals surface area contributed by atoms with E-state index in [1.54, 1.807) is 25.4 Å². The molecule has 88 valence electrons. The van der Waals surface area contributed by atoms with Crippen LogP contribution in [0.4, 0.5) is 5.95 Å². The van der Waals surface area contributed by atoms with E-state index in [2.05, 4.69) is 9.97 Å². The third kappa shape index (κ3) is 2.63. The average molecular weight is 231 g/mol. The fourth-order valence-corrected chi connectivity index (χ4v) is 1.30. The number of rotatable bonds is 3. The molecule has 2 rings (SSSR count). The largest absolute Gasteiger partial charge is 0.497 e. The van der Waals surface area contributed by atoms with Crippen molar-refractivity contribution in [1.82, 2.24) is 9.97 Å². The Labute approximate surface area is 99.2 Å². The van der Waals surface area contributed by atoms with Gasteiger partial charge in [0.2, 0.25) is 11.8 Å². The third-order valence-corrected chi connectivity index (χ3v) is 2.22. The van der Waals surface area contributed by atoms with Crippen LogP contribution in [-0.2, 0) is 0 Å². The van der Waals surface area contributed by atoms with Crippen molar-refractivity contribution < 1.29 is 9.47 Å². The maximum absolute atomic E-state index is 5.60. The number of methoxy groups -OCH3 is 1. The first-order chi connectivity index (χ1) is 8.19. The van der Waals surface area contributed by atoms with Crippen LogP contribution in [0.2, 0.25) is 0 Å². The van der Waals surface area contributed by atoms with Gasteiger partial charge in [-0.3, -0.25) is 0 Å². The monoisotopic (exact) mass is 231 g/mol. The highest BCUT2D eigenvalue weighted by molar-refractivity contribution is 5.36. The number of benzene rings is 1. The van der Waals surface area contributed by atoms with Gasteiger partial charge >= 0.3 is 0 Å². The lowest BCUT2D eigenvalue weighted by Gasteiger charge is -2.08. The zero-order chi connectivity index (χ0) is 12.3. The molecule has 0 amide bonds. The summed E-state index contributed by atoms with van der Waals surface area (Å²) in [7, 11) is 1.62. The van der Waals surface area contributed by atoms with Crippen molar-refractivity contribution in [2.75, 3.05) is 12.8 Å². The first-order valence-corrected chi connectivity index (χ1v) is 5.10. The molecule has 1 aromatic heterocycles. The van der Waals surface area contributed by atoms with Gasteiger partial charge in [-0.2, -0.15) is 4.98 Å². The second-order valence-corrected chi connectivity index (χ2v) is 3.49. The quantitative estimate of drug-likeness (QED) is 0.876. The van der Waals surface area contributed by atoms with Crippen molar-refractivity contribution in [3.63, 3.8) is 0 Å². The summed E-state index contributed by atoms with van der Waals surface area (Å²) in [6, 6.07) is 7.23. The number of nitrogens with zero attached hydrogens (tertiary/aromatic N) is 2. The van der Waals surface area contributed by atoms with Gasteiger partial charge in [0, 0.05) is 11.8 Å². The molecule has 1 aromatic carbocycles. The lowest BCUT2D eigenvalue weighted by Crippen LogP contribution is -1.98. The first kappa shape index (κ1) is 11.2. The van der Waals surface area contributed by atoms with Gasteiger partial charge < -0.3 is 15.2 Å². The first-order valence-electron chi connectivity index (χ1n) is 5.10. The Morgan fingerprint density at radius 2 is 1.76 bits per heavy atom. The van der Waals surface area contributed by atoms with Crippen LogP contribution in [0, 0.1) is 6.92 Å².